The van der Waals surface area contributed by atoms with Crippen LogP contribution in [0.1, 0.15) is 0 Å². The molecule has 0 aromatic heterocycles. The van der Waals surface area contributed by atoms with E-state index in [1.165, 1.54) is 0 Å². The van der Waals surface area contributed by atoms with E-state index in [1.54, 1.807) is 0 Å². The van der Waals surface area contributed by atoms with Crippen molar-refractivity contribution in [2.45, 2.75) is 0 Å². The number of anilines is 6. The summed E-state index contributed by atoms with van der Waals surface area (Å²) in [5.74, 6) is 3.20. The minimum absolute atomic E-state index is 0.639. The number of halogens is 1. The van der Waals surface area contributed by atoms with Gasteiger partial charge < -0.3 is 19.3 Å². The molecule has 2 aliphatic rings. The number of fused-ring (bicyclic) bond motifs is 4. The van der Waals surface area contributed by atoms with Crippen LogP contribution < -0.4 is 19.3 Å². The number of rotatable bonds is 2. The Bertz CT molecular complexity index is 1390. The van der Waals surface area contributed by atoms with E-state index in [1.807, 2.05) is 84.9 Å². The summed E-state index contributed by atoms with van der Waals surface area (Å²) >= 11 is 6.78. The molecule has 4 nitrogen and oxygen atoms in total. The smallest absolute Gasteiger partial charge is 0.151 e. The zero-order valence-corrected chi connectivity index (χ0v) is 19.3. The highest BCUT2D eigenvalue weighted by Crippen LogP contribution is 2.54. The van der Waals surface area contributed by atoms with Crippen LogP contribution in [-0.2, 0) is 0 Å². The normalized spacial score (nSPS) is 13.1. The topological polar surface area (TPSA) is 24.9 Å². The van der Waals surface area contributed by atoms with Crippen molar-refractivity contribution in [2.24, 2.45) is 0 Å². The fourth-order valence-corrected chi connectivity index (χ4v) is 5.01. The van der Waals surface area contributed by atoms with E-state index in [0.717, 1.165) is 57.1 Å². The molecule has 5 aromatic rings. The van der Waals surface area contributed by atoms with Gasteiger partial charge in [-0.25, -0.2) is 0 Å². The van der Waals surface area contributed by atoms with Gasteiger partial charge in [-0.1, -0.05) is 60.1 Å². The second kappa shape index (κ2) is 7.83. The SMILES string of the molecule is Clc1cc(N2c3ccccc3Oc3ccccc32)cc(N2c3ccccc3Oc3ccccc32)c1. The zero-order valence-electron chi connectivity index (χ0n) is 18.6. The Morgan fingerprint density at radius 3 is 1.09 bits per heavy atom. The van der Waals surface area contributed by atoms with Gasteiger partial charge in [-0.15, -0.1) is 0 Å². The van der Waals surface area contributed by atoms with Gasteiger partial charge in [-0.3, -0.25) is 0 Å². The molecule has 0 saturated heterocycles. The molecule has 2 aliphatic heterocycles. The fraction of sp³-hybridized carbons (Fsp3) is 0. The Kier molecular flexibility index (Phi) is 4.47. The van der Waals surface area contributed by atoms with E-state index in [0.29, 0.717) is 5.02 Å². The Labute approximate surface area is 208 Å². The second-order valence-corrected chi connectivity index (χ2v) is 8.85. The third kappa shape index (κ3) is 3.22. The first-order valence-corrected chi connectivity index (χ1v) is 11.8. The van der Waals surface area contributed by atoms with Gasteiger partial charge in [0, 0.05) is 16.4 Å². The largest absolute Gasteiger partial charge is 0.453 e. The van der Waals surface area contributed by atoms with Crippen molar-refractivity contribution in [2.75, 3.05) is 9.80 Å². The van der Waals surface area contributed by atoms with Crippen molar-refractivity contribution in [3.63, 3.8) is 0 Å². The van der Waals surface area contributed by atoms with Crippen LogP contribution in [0.25, 0.3) is 0 Å². The summed E-state index contributed by atoms with van der Waals surface area (Å²) in [6, 6.07) is 38.3. The standard InChI is InChI=1S/C30H19ClN2O2/c31-20-17-21(32-23-9-1-5-13-27(23)34-28-14-6-2-10-24(28)32)19-22(18-20)33-25-11-3-7-15-29(25)35-30-16-8-4-12-26(30)33/h1-19H. The molecule has 7 rings (SSSR count). The van der Waals surface area contributed by atoms with Gasteiger partial charge in [-0.2, -0.15) is 0 Å². The molecule has 0 amide bonds. The van der Waals surface area contributed by atoms with Crippen LogP contribution in [0.5, 0.6) is 23.0 Å². The number of hydrogen-bond donors (Lipinski definition) is 0. The summed E-state index contributed by atoms with van der Waals surface area (Å²) in [6.45, 7) is 0. The average molecular weight is 475 g/mol. The number of para-hydroxylation sites is 8. The first kappa shape index (κ1) is 20.0. The maximum absolute atomic E-state index is 6.78. The van der Waals surface area contributed by atoms with Crippen LogP contribution in [-0.4, -0.2) is 0 Å². The van der Waals surface area contributed by atoms with Crippen LogP contribution in [0.2, 0.25) is 5.02 Å². The quantitative estimate of drug-likeness (QED) is 0.249. The molecule has 5 aromatic carbocycles. The van der Waals surface area contributed by atoms with Gasteiger partial charge in [0.2, 0.25) is 0 Å². The molecule has 0 spiro atoms. The van der Waals surface area contributed by atoms with E-state index < -0.39 is 0 Å². The van der Waals surface area contributed by atoms with Gasteiger partial charge in [0.15, 0.2) is 23.0 Å². The molecule has 0 fully saturated rings. The van der Waals surface area contributed by atoms with E-state index in [-0.39, 0.29) is 0 Å². The minimum Gasteiger partial charge on any atom is -0.453 e. The monoisotopic (exact) mass is 474 g/mol. The molecule has 2 heterocycles. The highest BCUT2D eigenvalue weighted by atomic mass is 35.5. The van der Waals surface area contributed by atoms with Gasteiger partial charge >= 0.3 is 0 Å². The molecule has 168 valence electrons. The highest BCUT2D eigenvalue weighted by molar-refractivity contribution is 6.31. The Morgan fingerprint density at radius 1 is 0.429 bits per heavy atom. The summed E-state index contributed by atoms with van der Waals surface area (Å²) in [5, 5.41) is 0.639. The number of nitrogens with zero attached hydrogens (tertiary/aromatic N) is 2. The fourth-order valence-electron chi connectivity index (χ4n) is 4.78. The lowest BCUT2D eigenvalue weighted by atomic mass is 10.1. The van der Waals surface area contributed by atoms with E-state index in [2.05, 4.69) is 40.1 Å². The van der Waals surface area contributed by atoms with Crippen LogP contribution >= 0.6 is 11.6 Å². The zero-order chi connectivity index (χ0) is 23.4. The summed E-state index contributed by atoms with van der Waals surface area (Å²) in [5.41, 5.74) is 5.73. The lowest BCUT2D eigenvalue weighted by Crippen LogP contribution is -2.18. The third-order valence-electron chi connectivity index (χ3n) is 6.25. The van der Waals surface area contributed by atoms with Crippen LogP contribution in [0.4, 0.5) is 34.1 Å². The number of ether oxygens (including phenoxy) is 2. The second-order valence-electron chi connectivity index (χ2n) is 8.41. The van der Waals surface area contributed by atoms with Crippen molar-refractivity contribution in [1.29, 1.82) is 0 Å². The maximum atomic E-state index is 6.78. The molecule has 0 atom stereocenters. The van der Waals surface area contributed by atoms with Gasteiger partial charge in [0.05, 0.1) is 22.7 Å². The molecule has 0 radical (unpaired) electrons. The van der Waals surface area contributed by atoms with Gasteiger partial charge in [0.1, 0.15) is 0 Å². The average Bonchev–Trinajstić information content (AvgIpc) is 2.90. The van der Waals surface area contributed by atoms with Crippen LogP contribution in [0.15, 0.2) is 115 Å². The van der Waals surface area contributed by atoms with Crippen molar-refractivity contribution in [3.05, 3.63) is 120 Å². The molecule has 0 bridgehead atoms. The maximum Gasteiger partial charge on any atom is 0.151 e. The molecule has 0 unspecified atom stereocenters. The van der Waals surface area contributed by atoms with E-state index >= 15 is 0 Å². The first-order valence-electron chi connectivity index (χ1n) is 11.4. The Hall–Kier alpha value is -4.41. The predicted molar refractivity (Wildman–Crippen MR) is 141 cm³/mol. The van der Waals surface area contributed by atoms with Gasteiger partial charge in [0.25, 0.3) is 0 Å². The molecule has 5 heteroatoms. The lowest BCUT2D eigenvalue weighted by Gasteiger charge is -2.35. The summed E-state index contributed by atoms with van der Waals surface area (Å²) in [4.78, 5) is 4.39. The molecule has 35 heavy (non-hydrogen) atoms. The van der Waals surface area contributed by atoms with Crippen molar-refractivity contribution in [3.8, 4) is 23.0 Å². The van der Waals surface area contributed by atoms with E-state index in [4.69, 9.17) is 21.1 Å². The molecular weight excluding hydrogens is 456 g/mol. The van der Waals surface area contributed by atoms with Crippen molar-refractivity contribution in [1.82, 2.24) is 0 Å². The molecule has 0 saturated carbocycles. The Balaban J connectivity index is 1.45. The van der Waals surface area contributed by atoms with Gasteiger partial charge in [-0.05, 0) is 66.7 Å². The van der Waals surface area contributed by atoms with Crippen LogP contribution in [0.3, 0.4) is 0 Å². The molecular formula is C30H19ClN2O2. The number of hydrogen-bond acceptors (Lipinski definition) is 4. The molecule has 0 N–H and O–H groups in total. The lowest BCUT2D eigenvalue weighted by molar-refractivity contribution is 0.477. The summed E-state index contributed by atoms with van der Waals surface area (Å²) in [7, 11) is 0. The Morgan fingerprint density at radius 2 is 0.743 bits per heavy atom. The summed E-state index contributed by atoms with van der Waals surface area (Å²) < 4.78 is 12.4. The van der Waals surface area contributed by atoms with Crippen molar-refractivity contribution >= 4 is 45.7 Å². The van der Waals surface area contributed by atoms with Crippen LogP contribution in [0, 0.1) is 0 Å². The van der Waals surface area contributed by atoms with E-state index in [9.17, 15) is 0 Å². The first-order chi connectivity index (χ1) is 17.3. The summed E-state index contributed by atoms with van der Waals surface area (Å²) in [6.07, 6.45) is 0. The highest BCUT2D eigenvalue weighted by Gasteiger charge is 2.29. The third-order valence-corrected chi connectivity index (χ3v) is 6.47. The minimum atomic E-state index is 0.639. The molecule has 0 aliphatic carbocycles. The predicted octanol–water partition coefficient (Wildman–Crippen LogP) is 9.49. The van der Waals surface area contributed by atoms with Crippen molar-refractivity contribution < 1.29 is 9.47 Å². The number of benzene rings is 5.